The molecule has 3 heteroatoms. The number of hydrogen-bond donors (Lipinski definition) is 1. The molecule has 0 bridgehead atoms. The zero-order chi connectivity index (χ0) is 15.4. The largest absolute Gasteiger partial charge is 0.507 e. The molecule has 0 aliphatic heterocycles. The number of fused-ring (bicyclic) bond motifs is 1. The number of phenolic OH excluding ortho intramolecular Hbond substituents is 1. The van der Waals surface area contributed by atoms with E-state index in [1.807, 2.05) is 31.2 Å². The molecule has 2 aromatic carbocycles. The van der Waals surface area contributed by atoms with E-state index in [2.05, 4.69) is 13.8 Å². The minimum absolute atomic E-state index is 0.0568. The van der Waals surface area contributed by atoms with Crippen molar-refractivity contribution in [3.63, 3.8) is 0 Å². The predicted octanol–water partition coefficient (Wildman–Crippen LogP) is 4.05. The molecule has 2 aromatic rings. The quantitative estimate of drug-likeness (QED) is 0.900. The molecule has 0 radical (unpaired) electrons. The van der Waals surface area contributed by atoms with Crippen LogP contribution in [-0.2, 0) is 0 Å². The van der Waals surface area contributed by atoms with Gasteiger partial charge in [-0.25, -0.2) is 0 Å². The maximum absolute atomic E-state index is 12.7. The van der Waals surface area contributed by atoms with E-state index in [0.29, 0.717) is 18.0 Å². The van der Waals surface area contributed by atoms with Crippen molar-refractivity contribution in [3.05, 3.63) is 42.0 Å². The lowest BCUT2D eigenvalue weighted by molar-refractivity contribution is 0.0738. The summed E-state index contributed by atoms with van der Waals surface area (Å²) in [4.78, 5) is 14.5. The van der Waals surface area contributed by atoms with Gasteiger partial charge in [0.15, 0.2) is 0 Å². The van der Waals surface area contributed by atoms with Gasteiger partial charge in [-0.05, 0) is 35.7 Å². The second-order valence-corrected chi connectivity index (χ2v) is 5.57. The van der Waals surface area contributed by atoms with Crippen LogP contribution in [0.1, 0.15) is 37.6 Å². The summed E-state index contributed by atoms with van der Waals surface area (Å²) in [5, 5.41) is 12.1. The number of benzene rings is 2. The fourth-order valence-corrected chi connectivity index (χ4v) is 2.43. The summed E-state index contributed by atoms with van der Waals surface area (Å²) in [6.45, 7) is 7.60. The summed E-state index contributed by atoms with van der Waals surface area (Å²) in [6.07, 6.45) is 1.04. The SMILES string of the molecule is CCC(C)CN(CC)C(=O)c1cc2ccccc2cc1O. The van der Waals surface area contributed by atoms with Gasteiger partial charge in [-0.15, -0.1) is 0 Å². The van der Waals surface area contributed by atoms with Crippen LogP contribution in [0.5, 0.6) is 5.75 Å². The standard InChI is InChI=1S/C18H23NO2/c1-4-13(3)12-19(5-2)18(21)16-10-14-8-6-7-9-15(14)11-17(16)20/h6-11,13,20H,4-5,12H2,1-3H3. The average Bonchev–Trinajstić information content (AvgIpc) is 2.50. The molecule has 21 heavy (non-hydrogen) atoms. The van der Waals surface area contributed by atoms with E-state index in [-0.39, 0.29) is 11.7 Å². The molecule has 0 saturated carbocycles. The zero-order valence-corrected chi connectivity index (χ0v) is 13.0. The molecule has 0 spiro atoms. The smallest absolute Gasteiger partial charge is 0.257 e. The maximum atomic E-state index is 12.7. The van der Waals surface area contributed by atoms with Crippen molar-refractivity contribution in [3.8, 4) is 5.75 Å². The van der Waals surface area contributed by atoms with Gasteiger partial charge in [0.1, 0.15) is 5.75 Å². The van der Waals surface area contributed by atoms with Gasteiger partial charge < -0.3 is 10.0 Å². The Morgan fingerprint density at radius 3 is 2.38 bits per heavy atom. The molecule has 0 aromatic heterocycles. The highest BCUT2D eigenvalue weighted by Crippen LogP contribution is 2.26. The van der Waals surface area contributed by atoms with E-state index in [9.17, 15) is 9.90 Å². The fraction of sp³-hybridized carbons (Fsp3) is 0.389. The Morgan fingerprint density at radius 1 is 1.19 bits per heavy atom. The first-order chi connectivity index (χ1) is 10.1. The monoisotopic (exact) mass is 285 g/mol. The summed E-state index contributed by atoms with van der Waals surface area (Å²) < 4.78 is 0. The van der Waals surface area contributed by atoms with E-state index < -0.39 is 0 Å². The summed E-state index contributed by atoms with van der Waals surface area (Å²) in [5.74, 6) is 0.416. The van der Waals surface area contributed by atoms with Gasteiger partial charge in [0.05, 0.1) is 5.56 Å². The molecule has 1 N–H and O–H groups in total. The molecule has 0 aliphatic rings. The van der Waals surface area contributed by atoms with Crippen molar-refractivity contribution in [2.75, 3.05) is 13.1 Å². The summed E-state index contributed by atoms with van der Waals surface area (Å²) in [5.41, 5.74) is 0.388. The van der Waals surface area contributed by atoms with Crippen LogP contribution < -0.4 is 0 Å². The lowest BCUT2D eigenvalue weighted by Gasteiger charge is -2.24. The van der Waals surface area contributed by atoms with Gasteiger partial charge in [0, 0.05) is 13.1 Å². The van der Waals surface area contributed by atoms with Crippen molar-refractivity contribution in [2.24, 2.45) is 5.92 Å². The molecular formula is C18H23NO2. The zero-order valence-electron chi connectivity index (χ0n) is 13.0. The van der Waals surface area contributed by atoms with Crippen molar-refractivity contribution in [2.45, 2.75) is 27.2 Å². The summed E-state index contributed by atoms with van der Waals surface area (Å²) in [7, 11) is 0. The maximum Gasteiger partial charge on any atom is 0.257 e. The van der Waals surface area contributed by atoms with E-state index in [0.717, 1.165) is 23.7 Å². The van der Waals surface area contributed by atoms with Crippen LogP contribution in [0, 0.1) is 5.92 Å². The van der Waals surface area contributed by atoms with Crippen LogP contribution in [-0.4, -0.2) is 29.0 Å². The molecule has 0 heterocycles. The van der Waals surface area contributed by atoms with Crippen molar-refractivity contribution in [1.82, 2.24) is 4.90 Å². The number of aromatic hydroxyl groups is 1. The van der Waals surface area contributed by atoms with E-state index >= 15 is 0 Å². The van der Waals surface area contributed by atoms with Gasteiger partial charge in [0.25, 0.3) is 5.91 Å². The number of carbonyl (C=O) groups is 1. The Kier molecular flexibility index (Phi) is 4.84. The topological polar surface area (TPSA) is 40.5 Å². The number of carbonyl (C=O) groups excluding carboxylic acids is 1. The number of rotatable bonds is 5. The van der Waals surface area contributed by atoms with Crippen molar-refractivity contribution >= 4 is 16.7 Å². The molecule has 1 unspecified atom stereocenters. The lowest BCUT2D eigenvalue weighted by atomic mass is 10.0. The summed E-state index contributed by atoms with van der Waals surface area (Å²) in [6, 6.07) is 11.2. The van der Waals surface area contributed by atoms with Crippen LogP contribution in [0.3, 0.4) is 0 Å². The van der Waals surface area contributed by atoms with Crippen LogP contribution >= 0.6 is 0 Å². The lowest BCUT2D eigenvalue weighted by Crippen LogP contribution is -2.34. The Morgan fingerprint density at radius 2 is 1.81 bits per heavy atom. The van der Waals surface area contributed by atoms with Gasteiger partial charge >= 0.3 is 0 Å². The number of amides is 1. The average molecular weight is 285 g/mol. The first kappa shape index (κ1) is 15.4. The highest BCUT2D eigenvalue weighted by atomic mass is 16.3. The minimum Gasteiger partial charge on any atom is -0.507 e. The number of nitrogens with zero attached hydrogens (tertiary/aromatic N) is 1. The van der Waals surface area contributed by atoms with Crippen LogP contribution in [0.2, 0.25) is 0 Å². The third kappa shape index (κ3) is 3.35. The molecule has 1 amide bonds. The fourth-order valence-electron chi connectivity index (χ4n) is 2.43. The highest BCUT2D eigenvalue weighted by Gasteiger charge is 2.19. The highest BCUT2D eigenvalue weighted by molar-refractivity contribution is 6.01. The molecule has 0 aliphatic carbocycles. The Bertz CT molecular complexity index is 636. The molecule has 112 valence electrons. The van der Waals surface area contributed by atoms with E-state index in [1.165, 1.54) is 0 Å². The molecule has 1 atom stereocenters. The number of hydrogen-bond acceptors (Lipinski definition) is 2. The molecule has 0 fully saturated rings. The molecular weight excluding hydrogens is 262 g/mol. The van der Waals surface area contributed by atoms with Crippen molar-refractivity contribution in [1.29, 1.82) is 0 Å². The van der Waals surface area contributed by atoms with Crippen LogP contribution in [0.4, 0.5) is 0 Å². The van der Waals surface area contributed by atoms with E-state index in [1.54, 1.807) is 17.0 Å². The first-order valence-corrected chi connectivity index (χ1v) is 7.57. The third-order valence-corrected chi connectivity index (χ3v) is 3.99. The second kappa shape index (κ2) is 6.61. The van der Waals surface area contributed by atoms with E-state index in [4.69, 9.17) is 0 Å². The normalized spacial score (nSPS) is 12.3. The molecule has 2 rings (SSSR count). The van der Waals surface area contributed by atoms with Gasteiger partial charge in [0.2, 0.25) is 0 Å². The molecule has 3 nitrogen and oxygen atoms in total. The second-order valence-electron chi connectivity index (χ2n) is 5.57. The third-order valence-electron chi connectivity index (χ3n) is 3.99. The predicted molar refractivity (Wildman–Crippen MR) is 86.6 cm³/mol. The van der Waals surface area contributed by atoms with Gasteiger partial charge in [-0.1, -0.05) is 44.5 Å². The van der Waals surface area contributed by atoms with Gasteiger partial charge in [-0.2, -0.15) is 0 Å². The van der Waals surface area contributed by atoms with Crippen molar-refractivity contribution < 1.29 is 9.90 Å². The van der Waals surface area contributed by atoms with Crippen LogP contribution in [0.15, 0.2) is 36.4 Å². The summed E-state index contributed by atoms with van der Waals surface area (Å²) >= 11 is 0. The Labute approximate surface area is 126 Å². The number of phenols is 1. The minimum atomic E-state index is -0.0962. The Hall–Kier alpha value is -2.03. The first-order valence-electron chi connectivity index (χ1n) is 7.57. The van der Waals surface area contributed by atoms with Gasteiger partial charge in [-0.3, -0.25) is 4.79 Å². The molecule has 0 saturated heterocycles. The Balaban J connectivity index is 2.35. The van der Waals surface area contributed by atoms with Crippen LogP contribution in [0.25, 0.3) is 10.8 Å².